The van der Waals surface area contributed by atoms with Gasteiger partial charge in [-0.25, -0.2) is 4.68 Å². The Kier molecular flexibility index (Phi) is 3.33. The fraction of sp³-hybridized carbons (Fsp3) is 0.154. The van der Waals surface area contributed by atoms with Crippen LogP contribution in [0.3, 0.4) is 0 Å². The summed E-state index contributed by atoms with van der Waals surface area (Å²) in [4.78, 5) is 22.7. The van der Waals surface area contributed by atoms with E-state index in [9.17, 15) is 9.59 Å². The molecule has 0 radical (unpaired) electrons. The second kappa shape index (κ2) is 4.93. The molecule has 2 rings (SSSR count). The van der Waals surface area contributed by atoms with Gasteiger partial charge in [0.2, 0.25) is 0 Å². The number of rotatable bonds is 4. The van der Waals surface area contributed by atoms with Crippen molar-refractivity contribution in [1.29, 1.82) is 0 Å². The molecule has 6 nitrogen and oxygen atoms in total. The van der Waals surface area contributed by atoms with Crippen LogP contribution in [0.25, 0.3) is 5.69 Å². The fourth-order valence-corrected chi connectivity index (χ4v) is 1.68. The van der Waals surface area contributed by atoms with Gasteiger partial charge in [0.1, 0.15) is 5.75 Å². The van der Waals surface area contributed by atoms with E-state index in [0.29, 0.717) is 11.4 Å². The Labute approximate surface area is 109 Å². The van der Waals surface area contributed by atoms with Crippen molar-refractivity contribution in [3.05, 3.63) is 41.7 Å². The van der Waals surface area contributed by atoms with Crippen molar-refractivity contribution >= 4 is 11.7 Å². The summed E-state index contributed by atoms with van der Waals surface area (Å²) < 4.78 is 6.49. The summed E-state index contributed by atoms with van der Waals surface area (Å²) in [6, 6.07) is 7.05. The molecule has 1 amide bonds. The molecule has 0 fully saturated rings. The molecule has 0 aliphatic carbocycles. The summed E-state index contributed by atoms with van der Waals surface area (Å²) in [5, 5.41) is 4.04. The molecule has 19 heavy (non-hydrogen) atoms. The number of hydrogen-bond acceptors (Lipinski definition) is 4. The molecule has 0 spiro atoms. The van der Waals surface area contributed by atoms with Crippen LogP contribution in [0.2, 0.25) is 0 Å². The highest BCUT2D eigenvalue weighted by Gasteiger charge is 2.17. The van der Waals surface area contributed by atoms with Crippen LogP contribution in [0, 0.1) is 0 Å². The smallest absolute Gasteiger partial charge is 0.269 e. The predicted octanol–water partition coefficient (Wildman–Crippen LogP) is 1.18. The lowest BCUT2D eigenvalue weighted by Gasteiger charge is -2.02. The fourth-order valence-electron chi connectivity index (χ4n) is 1.68. The zero-order valence-corrected chi connectivity index (χ0v) is 10.6. The van der Waals surface area contributed by atoms with E-state index in [4.69, 9.17) is 10.5 Å². The maximum atomic E-state index is 11.4. The molecule has 0 saturated carbocycles. The van der Waals surface area contributed by atoms with Crippen LogP contribution < -0.4 is 10.5 Å². The minimum absolute atomic E-state index is 0.0247. The average Bonchev–Trinajstić information content (AvgIpc) is 2.84. The molecule has 0 bridgehead atoms. The molecule has 2 aromatic rings. The van der Waals surface area contributed by atoms with Crippen LogP contribution in [0.1, 0.15) is 27.8 Å². The Morgan fingerprint density at radius 1 is 1.26 bits per heavy atom. The van der Waals surface area contributed by atoms with Crippen molar-refractivity contribution in [2.75, 3.05) is 7.11 Å². The number of carbonyl (C=O) groups is 2. The van der Waals surface area contributed by atoms with Crippen molar-refractivity contribution in [1.82, 2.24) is 9.78 Å². The Morgan fingerprint density at radius 3 is 2.32 bits per heavy atom. The number of hydrogen-bond donors (Lipinski definition) is 1. The van der Waals surface area contributed by atoms with Crippen molar-refractivity contribution in [3.8, 4) is 11.4 Å². The average molecular weight is 259 g/mol. The summed E-state index contributed by atoms with van der Waals surface area (Å²) in [6.45, 7) is 1.36. The van der Waals surface area contributed by atoms with E-state index in [1.165, 1.54) is 17.8 Å². The van der Waals surface area contributed by atoms with Gasteiger partial charge in [-0.2, -0.15) is 5.10 Å². The van der Waals surface area contributed by atoms with Crippen molar-refractivity contribution in [2.45, 2.75) is 6.92 Å². The topological polar surface area (TPSA) is 87.2 Å². The summed E-state index contributed by atoms with van der Waals surface area (Å²) in [6.07, 6.45) is 1.49. The van der Waals surface area contributed by atoms with Crippen LogP contribution in [-0.4, -0.2) is 28.6 Å². The van der Waals surface area contributed by atoms with E-state index in [0.717, 1.165) is 0 Å². The molecular weight excluding hydrogens is 246 g/mol. The van der Waals surface area contributed by atoms with Gasteiger partial charge in [0.05, 0.1) is 18.4 Å². The third kappa shape index (κ3) is 2.47. The molecule has 98 valence electrons. The summed E-state index contributed by atoms with van der Waals surface area (Å²) in [7, 11) is 1.57. The second-order valence-corrected chi connectivity index (χ2v) is 3.95. The SMILES string of the molecule is COc1ccc(-n2cc(C(C)=O)c(C(N)=O)n2)cc1. The lowest BCUT2D eigenvalue weighted by atomic mass is 10.2. The lowest BCUT2D eigenvalue weighted by molar-refractivity contribution is 0.0970. The van der Waals surface area contributed by atoms with Crippen LogP contribution in [0.15, 0.2) is 30.5 Å². The first-order chi connectivity index (χ1) is 9.02. The zero-order chi connectivity index (χ0) is 14.0. The number of primary amides is 1. The van der Waals surface area contributed by atoms with Gasteiger partial charge >= 0.3 is 0 Å². The normalized spacial score (nSPS) is 10.2. The van der Waals surface area contributed by atoms with E-state index in [2.05, 4.69) is 5.10 Å². The molecule has 1 aromatic heterocycles. The van der Waals surface area contributed by atoms with E-state index in [1.807, 2.05) is 0 Å². The van der Waals surface area contributed by atoms with Gasteiger partial charge in [-0.1, -0.05) is 0 Å². The Morgan fingerprint density at radius 2 is 1.89 bits per heavy atom. The van der Waals surface area contributed by atoms with Crippen LogP contribution >= 0.6 is 0 Å². The first kappa shape index (κ1) is 12.8. The van der Waals surface area contributed by atoms with Crippen LogP contribution in [0.5, 0.6) is 5.75 Å². The summed E-state index contributed by atoms with van der Waals surface area (Å²) >= 11 is 0. The third-order valence-electron chi connectivity index (χ3n) is 2.66. The third-order valence-corrected chi connectivity index (χ3v) is 2.66. The van der Waals surface area contributed by atoms with E-state index >= 15 is 0 Å². The van der Waals surface area contributed by atoms with Gasteiger partial charge in [-0.3, -0.25) is 9.59 Å². The molecular formula is C13H13N3O3. The van der Waals surface area contributed by atoms with E-state index < -0.39 is 5.91 Å². The second-order valence-electron chi connectivity index (χ2n) is 3.95. The molecule has 0 unspecified atom stereocenters. The number of nitrogens with zero attached hydrogens (tertiary/aromatic N) is 2. The van der Waals surface area contributed by atoms with Gasteiger partial charge in [-0.15, -0.1) is 0 Å². The van der Waals surface area contributed by atoms with Gasteiger partial charge in [0.15, 0.2) is 11.5 Å². The number of carbonyl (C=O) groups excluding carboxylic acids is 2. The van der Waals surface area contributed by atoms with E-state index in [1.54, 1.807) is 31.4 Å². The van der Waals surface area contributed by atoms with Crippen molar-refractivity contribution in [2.24, 2.45) is 5.73 Å². The van der Waals surface area contributed by atoms with Gasteiger partial charge in [0.25, 0.3) is 5.91 Å². The lowest BCUT2D eigenvalue weighted by Crippen LogP contribution is -2.15. The van der Waals surface area contributed by atoms with Gasteiger partial charge < -0.3 is 10.5 Å². The highest BCUT2D eigenvalue weighted by molar-refractivity contribution is 6.05. The molecule has 1 aromatic carbocycles. The van der Waals surface area contributed by atoms with E-state index in [-0.39, 0.29) is 17.0 Å². The number of benzene rings is 1. The number of Topliss-reactive ketones (excluding diaryl/α,β-unsaturated/α-hetero) is 1. The first-order valence-electron chi connectivity index (χ1n) is 5.57. The predicted molar refractivity (Wildman–Crippen MR) is 68.6 cm³/mol. The molecule has 0 aliphatic rings. The Bertz CT molecular complexity index is 598. The Hall–Kier alpha value is -2.63. The molecule has 0 atom stereocenters. The minimum atomic E-state index is -0.725. The van der Waals surface area contributed by atoms with Crippen LogP contribution in [-0.2, 0) is 0 Å². The number of aromatic nitrogens is 2. The monoisotopic (exact) mass is 259 g/mol. The number of ketones is 1. The highest BCUT2D eigenvalue weighted by Crippen LogP contribution is 2.16. The number of methoxy groups -OCH3 is 1. The summed E-state index contributed by atoms with van der Waals surface area (Å²) in [5.41, 5.74) is 6.09. The largest absolute Gasteiger partial charge is 0.497 e. The highest BCUT2D eigenvalue weighted by atomic mass is 16.5. The molecule has 0 aliphatic heterocycles. The van der Waals surface area contributed by atoms with Gasteiger partial charge in [0, 0.05) is 6.20 Å². The molecule has 1 heterocycles. The van der Waals surface area contributed by atoms with Gasteiger partial charge in [-0.05, 0) is 31.2 Å². The first-order valence-corrected chi connectivity index (χ1v) is 5.57. The molecule has 2 N–H and O–H groups in total. The molecule has 0 saturated heterocycles. The summed E-state index contributed by atoms with van der Waals surface area (Å²) in [5.74, 6) is -0.274. The number of nitrogens with two attached hydrogens (primary N) is 1. The molecule has 6 heteroatoms. The number of amides is 1. The number of ether oxygens (including phenoxy) is 1. The van der Waals surface area contributed by atoms with Crippen molar-refractivity contribution in [3.63, 3.8) is 0 Å². The zero-order valence-electron chi connectivity index (χ0n) is 10.6. The quantitative estimate of drug-likeness (QED) is 0.835. The van der Waals surface area contributed by atoms with Crippen LogP contribution in [0.4, 0.5) is 0 Å². The maximum absolute atomic E-state index is 11.4. The minimum Gasteiger partial charge on any atom is -0.497 e. The van der Waals surface area contributed by atoms with Crippen molar-refractivity contribution < 1.29 is 14.3 Å². The standard InChI is InChI=1S/C13H13N3O3/c1-8(17)11-7-16(15-12(11)13(14)18)9-3-5-10(19-2)6-4-9/h3-7H,1-2H3,(H2,14,18). The Balaban J connectivity index is 2.47. The maximum Gasteiger partial charge on any atom is 0.269 e.